The lowest BCUT2D eigenvalue weighted by Crippen LogP contribution is -2.15. The Kier molecular flexibility index (Phi) is 7.44. The van der Waals surface area contributed by atoms with Gasteiger partial charge < -0.3 is 19.5 Å². The molecule has 9 heteroatoms. The molecule has 0 saturated carbocycles. The van der Waals surface area contributed by atoms with Crippen molar-refractivity contribution in [2.75, 3.05) is 26.6 Å². The van der Waals surface area contributed by atoms with E-state index in [1.165, 1.54) is 38.5 Å². The molecule has 8 nitrogen and oxygen atoms in total. The number of nitrogens with one attached hydrogen (secondary N) is 1. The van der Waals surface area contributed by atoms with Crippen LogP contribution in [0.1, 0.15) is 21.5 Å². The van der Waals surface area contributed by atoms with Crippen LogP contribution >= 0.6 is 11.8 Å². The van der Waals surface area contributed by atoms with Crippen molar-refractivity contribution in [3.05, 3.63) is 75.3 Å². The SMILES string of the molecule is COc1cc(C(=O)Nc2ccc(Sc3cc(C)ccc3C)cc2)c([N+](=O)[O-])c(OC)c1OC. The van der Waals surface area contributed by atoms with E-state index in [1.807, 2.05) is 19.1 Å². The smallest absolute Gasteiger partial charge is 0.327 e. The Hall–Kier alpha value is -3.72. The number of amides is 1. The number of nitro groups is 1. The Morgan fingerprint density at radius 3 is 2.18 bits per heavy atom. The molecule has 1 amide bonds. The van der Waals surface area contributed by atoms with Gasteiger partial charge in [0.15, 0.2) is 5.75 Å². The van der Waals surface area contributed by atoms with Crippen molar-refractivity contribution in [2.45, 2.75) is 23.6 Å². The number of carbonyl (C=O) groups is 1. The fraction of sp³-hybridized carbons (Fsp3) is 0.208. The quantitative estimate of drug-likeness (QED) is 0.337. The number of benzene rings is 3. The minimum absolute atomic E-state index is 0.0380. The van der Waals surface area contributed by atoms with E-state index in [-0.39, 0.29) is 22.8 Å². The van der Waals surface area contributed by atoms with Gasteiger partial charge in [-0.25, -0.2) is 0 Å². The second kappa shape index (κ2) is 10.3. The number of nitrogens with zero attached hydrogens (tertiary/aromatic N) is 1. The summed E-state index contributed by atoms with van der Waals surface area (Å²) >= 11 is 1.62. The largest absolute Gasteiger partial charge is 0.493 e. The topological polar surface area (TPSA) is 99.9 Å². The number of aryl methyl sites for hydroxylation is 2. The molecule has 0 aliphatic rings. The molecule has 1 N–H and O–H groups in total. The minimum Gasteiger partial charge on any atom is -0.493 e. The molecule has 0 spiro atoms. The van der Waals surface area contributed by atoms with Crippen LogP contribution in [0.4, 0.5) is 11.4 Å². The van der Waals surface area contributed by atoms with Crippen LogP contribution in [0.25, 0.3) is 0 Å². The van der Waals surface area contributed by atoms with Gasteiger partial charge in [0.25, 0.3) is 5.91 Å². The average molecular weight is 469 g/mol. The van der Waals surface area contributed by atoms with E-state index in [2.05, 4.69) is 30.4 Å². The summed E-state index contributed by atoms with van der Waals surface area (Å²) in [5, 5.41) is 14.4. The molecule has 0 atom stereocenters. The van der Waals surface area contributed by atoms with E-state index in [4.69, 9.17) is 14.2 Å². The third kappa shape index (κ3) is 5.20. The molecule has 0 aliphatic heterocycles. The molecule has 0 aromatic heterocycles. The first-order chi connectivity index (χ1) is 15.8. The Labute approximate surface area is 196 Å². The van der Waals surface area contributed by atoms with Gasteiger partial charge in [-0.2, -0.15) is 0 Å². The zero-order valence-corrected chi connectivity index (χ0v) is 19.7. The maximum atomic E-state index is 13.0. The molecular weight excluding hydrogens is 444 g/mol. The van der Waals surface area contributed by atoms with Crippen molar-refractivity contribution in [1.82, 2.24) is 0 Å². The van der Waals surface area contributed by atoms with Crippen LogP contribution in [0.5, 0.6) is 17.2 Å². The van der Waals surface area contributed by atoms with Crippen LogP contribution in [0.3, 0.4) is 0 Å². The summed E-state index contributed by atoms with van der Waals surface area (Å²) in [6.07, 6.45) is 0. The zero-order chi connectivity index (χ0) is 24.1. The first kappa shape index (κ1) is 23.9. The van der Waals surface area contributed by atoms with E-state index < -0.39 is 16.5 Å². The highest BCUT2D eigenvalue weighted by Gasteiger charge is 2.32. The van der Waals surface area contributed by atoms with Crippen molar-refractivity contribution < 1.29 is 23.9 Å². The number of methoxy groups -OCH3 is 3. The Balaban J connectivity index is 1.88. The lowest BCUT2D eigenvalue weighted by molar-refractivity contribution is -0.386. The van der Waals surface area contributed by atoms with E-state index in [0.29, 0.717) is 5.69 Å². The number of anilines is 1. The Morgan fingerprint density at radius 1 is 0.939 bits per heavy atom. The lowest BCUT2D eigenvalue weighted by atomic mass is 10.1. The van der Waals surface area contributed by atoms with Gasteiger partial charge in [-0.05, 0) is 55.3 Å². The third-order valence-electron chi connectivity index (χ3n) is 4.91. The highest BCUT2D eigenvalue weighted by Crippen LogP contribution is 2.46. The summed E-state index contributed by atoms with van der Waals surface area (Å²) in [4.78, 5) is 26.2. The second-order valence-corrected chi connectivity index (χ2v) is 8.26. The Bertz CT molecular complexity index is 1190. The average Bonchev–Trinajstić information content (AvgIpc) is 2.80. The molecule has 0 bridgehead atoms. The predicted octanol–water partition coefficient (Wildman–Crippen LogP) is 5.64. The van der Waals surface area contributed by atoms with Crippen molar-refractivity contribution in [1.29, 1.82) is 0 Å². The van der Waals surface area contributed by atoms with Crippen LogP contribution in [0.15, 0.2) is 58.3 Å². The highest BCUT2D eigenvalue weighted by molar-refractivity contribution is 7.99. The van der Waals surface area contributed by atoms with Gasteiger partial charge in [-0.3, -0.25) is 14.9 Å². The summed E-state index contributed by atoms with van der Waals surface area (Å²) in [5.41, 5.74) is 2.14. The molecule has 0 fully saturated rings. The van der Waals surface area contributed by atoms with Crippen molar-refractivity contribution >= 4 is 29.0 Å². The normalized spacial score (nSPS) is 10.5. The summed E-state index contributed by atoms with van der Waals surface area (Å²) in [6.45, 7) is 4.10. The van der Waals surface area contributed by atoms with Crippen LogP contribution < -0.4 is 19.5 Å². The van der Waals surface area contributed by atoms with Crippen LogP contribution in [-0.4, -0.2) is 32.2 Å². The van der Waals surface area contributed by atoms with Gasteiger partial charge in [-0.15, -0.1) is 0 Å². The third-order valence-corrected chi connectivity index (χ3v) is 6.08. The second-order valence-electron chi connectivity index (χ2n) is 7.15. The molecule has 172 valence electrons. The predicted molar refractivity (Wildman–Crippen MR) is 127 cm³/mol. The molecule has 0 aliphatic carbocycles. The number of ether oxygens (including phenoxy) is 3. The van der Waals surface area contributed by atoms with Gasteiger partial charge in [0.2, 0.25) is 11.5 Å². The number of hydrogen-bond donors (Lipinski definition) is 1. The standard InChI is InChI=1S/C24H24N2O6S/c1-14-6-7-15(2)20(12-14)33-17-10-8-16(9-11-17)25-24(27)18-13-19(30-3)22(31-4)23(32-5)21(18)26(28)29/h6-13H,1-5H3,(H,25,27). The molecule has 0 saturated heterocycles. The van der Waals surface area contributed by atoms with Crippen LogP contribution in [0, 0.1) is 24.0 Å². The highest BCUT2D eigenvalue weighted by atomic mass is 32.2. The van der Waals surface area contributed by atoms with Crippen molar-refractivity contribution in [3.8, 4) is 17.2 Å². The van der Waals surface area contributed by atoms with E-state index in [1.54, 1.807) is 23.9 Å². The number of hydrogen-bond acceptors (Lipinski definition) is 7. The monoisotopic (exact) mass is 468 g/mol. The summed E-state index contributed by atoms with van der Waals surface area (Å²) in [5.74, 6) is -0.676. The molecular formula is C24H24N2O6S. The van der Waals surface area contributed by atoms with E-state index in [0.717, 1.165) is 9.79 Å². The minimum atomic E-state index is -0.681. The van der Waals surface area contributed by atoms with Crippen molar-refractivity contribution in [3.63, 3.8) is 0 Å². The van der Waals surface area contributed by atoms with Crippen LogP contribution in [-0.2, 0) is 0 Å². The molecule has 3 rings (SSSR count). The first-order valence-corrected chi connectivity index (χ1v) is 10.7. The maximum absolute atomic E-state index is 13.0. The fourth-order valence-electron chi connectivity index (χ4n) is 3.24. The van der Waals surface area contributed by atoms with E-state index >= 15 is 0 Å². The van der Waals surface area contributed by atoms with Gasteiger partial charge in [0, 0.05) is 21.5 Å². The molecule has 0 heterocycles. The number of rotatable bonds is 8. The van der Waals surface area contributed by atoms with Gasteiger partial charge in [0.1, 0.15) is 5.56 Å². The first-order valence-electron chi connectivity index (χ1n) is 9.92. The van der Waals surface area contributed by atoms with Crippen LogP contribution in [0.2, 0.25) is 0 Å². The summed E-state index contributed by atoms with van der Waals surface area (Å²) < 4.78 is 15.6. The zero-order valence-electron chi connectivity index (χ0n) is 18.9. The fourth-order valence-corrected chi connectivity index (χ4v) is 4.24. The lowest BCUT2D eigenvalue weighted by Gasteiger charge is -2.15. The summed E-state index contributed by atoms with van der Waals surface area (Å²) in [6, 6.07) is 14.8. The van der Waals surface area contributed by atoms with E-state index in [9.17, 15) is 14.9 Å². The number of nitro benzene ring substituents is 1. The Morgan fingerprint density at radius 2 is 1.61 bits per heavy atom. The summed E-state index contributed by atoms with van der Waals surface area (Å²) in [7, 11) is 3.97. The number of carbonyl (C=O) groups excluding carboxylic acids is 1. The molecule has 3 aromatic carbocycles. The van der Waals surface area contributed by atoms with Crippen molar-refractivity contribution in [2.24, 2.45) is 0 Å². The molecule has 0 unspecified atom stereocenters. The molecule has 0 radical (unpaired) electrons. The van der Waals surface area contributed by atoms with Gasteiger partial charge in [0.05, 0.1) is 26.3 Å². The van der Waals surface area contributed by atoms with Gasteiger partial charge >= 0.3 is 5.69 Å². The molecule has 3 aromatic rings. The van der Waals surface area contributed by atoms with Gasteiger partial charge in [-0.1, -0.05) is 23.9 Å². The molecule has 33 heavy (non-hydrogen) atoms. The maximum Gasteiger partial charge on any atom is 0.327 e.